The number of carbonyl (C=O) groups is 1. The second-order valence-electron chi connectivity index (χ2n) is 7.89. The molecule has 5 rings (SSSR count). The van der Waals surface area contributed by atoms with Crippen molar-refractivity contribution in [1.82, 2.24) is 14.6 Å². The second-order valence-corrected chi connectivity index (χ2v) is 8.83. The molecule has 0 N–H and O–H groups in total. The number of hydrogen-bond acceptors (Lipinski definition) is 6. The summed E-state index contributed by atoms with van der Waals surface area (Å²) in [6.07, 6.45) is 4.04. The summed E-state index contributed by atoms with van der Waals surface area (Å²) in [6, 6.07) is 21.2. The average Bonchev–Trinajstić information content (AvgIpc) is 3.63. The molecule has 0 saturated heterocycles. The molecule has 34 heavy (non-hydrogen) atoms. The first-order chi connectivity index (χ1) is 16.6. The molecule has 0 unspecified atom stereocenters. The van der Waals surface area contributed by atoms with Gasteiger partial charge < -0.3 is 13.7 Å². The van der Waals surface area contributed by atoms with Crippen LogP contribution in [0.4, 0.5) is 0 Å². The van der Waals surface area contributed by atoms with Crippen LogP contribution in [0.2, 0.25) is 0 Å². The summed E-state index contributed by atoms with van der Waals surface area (Å²) in [5.74, 6) is 1.61. The van der Waals surface area contributed by atoms with Crippen molar-refractivity contribution in [2.24, 2.45) is 12.1 Å². The van der Waals surface area contributed by atoms with Gasteiger partial charge in [-0.2, -0.15) is 5.10 Å². The molecular formula is C26H24N4O3S. The minimum absolute atomic E-state index is 0.0980. The number of rotatable bonds is 7. The molecular weight excluding hydrogens is 448 g/mol. The Balaban J connectivity index is 1.34. The summed E-state index contributed by atoms with van der Waals surface area (Å²) in [4.78, 5) is 17.8. The third-order valence-corrected chi connectivity index (χ3v) is 6.83. The van der Waals surface area contributed by atoms with Gasteiger partial charge in [-0.25, -0.2) is 9.99 Å². The molecule has 0 fully saturated rings. The van der Waals surface area contributed by atoms with E-state index in [2.05, 4.69) is 4.98 Å². The summed E-state index contributed by atoms with van der Waals surface area (Å²) in [5.41, 5.74) is 3.88. The highest BCUT2D eigenvalue weighted by Crippen LogP contribution is 2.34. The normalized spacial score (nSPS) is 15.4. The fourth-order valence-corrected chi connectivity index (χ4v) is 4.80. The van der Waals surface area contributed by atoms with Gasteiger partial charge in [-0.05, 0) is 47.5 Å². The SMILES string of the molecule is COc1ccc(C2=NN(C(=O)CSc3ncc(-c4ccccc4)n3C)[C@@H](c3ccco3)C2)cc1. The van der Waals surface area contributed by atoms with Gasteiger partial charge in [0, 0.05) is 13.5 Å². The van der Waals surface area contributed by atoms with E-state index in [-0.39, 0.29) is 17.7 Å². The lowest BCUT2D eigenvalue weighted by Gasteiger charge is -2.19. The van der Waals surface area contributed by atoms with Gasteiger partial charge in [0.05, 0.1) is 36.7 Å². The average molecular weight is 473 g/mol. The van der Waals surface area contributed by atoms with Crippen LogP contribution in [-0.4, -0.2) is 39.0 Å². The number of benzene rings is 2. The second kappa shape index (κ2) is 9.61. The van der Waals surface area contributed by atoms with E-state index < -0.39 is 0 Å². The number of furan rings is 1. The summed E-state index contributed by atoms with van der Waals surface area (Å²) in [6.45, 7) is 0. The topological polar surface area (TPSA) is 72.9 Å². The summed E-state index contributed by atoms with van der Waals surface area (Å²) in [7, 11) is 3.60. The predicted molar refractivity (Wildman–Crippen MR) is 132 cm³/mol. The standard InChI is InChI=1S/C26H24N4O3S/c1-29-23(19-7-4-3-5-8-19)16-27-26(29)34-17-25(31)30-22(24-9-6-14-33-24)15-21(28-30)18-10-12-20(32-2)13-11-18/h3-14,16,22H,15,17H2,1-2H3/t22-/m1/s1. The Morgan fingerprint density at radius 1 is 1.09 bits per heavy atom. The lowest BCUT2D eigenvalue weighted by molar-refractivity contribution is -0.130. The van der Waals surface area contributed by atoms with Gasteiger partial charge in [0.15, 0.2) is 5.16 Å². The maximum Gasteiger partial charge on any atom is 0.253 e. The van der Waals surface area contributed by atoms with Crippen LogP contribution in [0.3, 0.4) is 0 Å². The van der Waals surface area contributed by atoms with E-state index in [0.717, 1.165) is 33.4 Å². The Morgan fingerprint density at radius 2 is 1.88 bits per heavy atom. The predicted octanol–water partition coefficient (Wildman–Crippen LogP) is 5.16. The van der Waals surface area contributed by atoms with E-state index in [9.17, 15) is 4.79 Å². The fraction of sp³-hybridized carbons (Fsp3) is 0.192. The molecule has 2 aromatic carbocycles. The highest BCUT2D eigenvalue weighted by Gasteiger charge is 2.35. The van der Waals surface area contributed by atoms with Gasteiger partial charge in [-0.1, -0.05) is 42.1 Å². The fourth-order valence-electron chi connectivity index (χ4n) is 4.00. The molecule has 172 valence electrons. The zero-order valence-corrected chi connectivity index (χ0v) is 19.7. The number of hydrazone groups is 1. The molecule has 2 aromatic heterocycles. The Bertz CT molecular complexity index is 1300. The van der Waals surface area contributed by atoms with Crippen LogP contribution in [0.5, 0.6) is 5.75 Å². The molecule has 1 atom stereocenters. The molecule has 8 heteroatoms. The van der Waals surface area contributed by atoms with E-state index >= 15 is 0 Å². The first kappa shape index (κ1) is 22.0. The maximum atomic E-state index is 13.3. The number of ether oxygens (including phenoxy) is 1. The molecule has 4 aromatic rings. The van der Waals surface area contributed by atoms with Crippen molar-refractivity contribution in [3.05, 3.63) is 90.5 Å². The molecule has 7 nitrogen and oxygen atoms in total. The summed E-state index contributed by atoms with van der Waals surface area (Å²) < 4.78 is 12.9. The van der Waals surface area contributed by atoms with Crippen LogP contribution >= 0.6 is 11.8 Å². The zero-order chi connectivity index (χ0) is 23.5. The molecule has 0 bridgehead atoms. The van der Waals surface area contributed by atoms with Gasteiger partial charge in [-0.15, -0.1) is 0 Å². The first-order valence-electron chi connectivity index (χ1n) is 10.9. The van der Waals surface area contributed by atoms with E-state index in [1.165, 1.54) is 11.8 Å². The Hall–Kier alpha value is -3.78. The number of hydrogen-bond donors (Lipinski definition) is 0. The highest BCUT2D eigenvalue weighted by atomic mass is 32.2. The number of aromatic nitrogens is 2. The quantitative estimate of drug-likeness (QED) is 0.348. The van der Waals surface area contributed by atoms with Crippen LogP contribution in [0, 0.1) is 0 Å². The van der Waals surface area contributed by atoms with Crippen molar-refractivity contribution in [3.63, 3.8) is 0 Å². The van der Waals surface area contributed by atoms with Gasteiger partial charge in [-0.3, -0.25) is 4.79 Å². The molecule has 1 amide bonds. The third kappa shape index (κ3) is 4.36. The number of imidazole rings is 1. The Labute approximate surface area is 202 Å². The number of thioether (sulfide) groups is 1. The van der Waals surface area contributed by atoms with Crippen LogP contribution in [-0.2, 0) is 11.8 Å². The largest absolute Gasteiger partial charge is 0.497 e. The van der Waals surface area contributed by atoms with Crippen molar-refractivity contribution < 1.29 is 13.9 Å². The number of nitrogens with zero attached hydrogens (tertiary/aromatic N) is 4. The van der Waals surface area contributed by atoms with Crippen LogP contribution < -0.4 is 4.74 Å². The van der Waals surface area contributed by atoms with E-state index in [0.29, 0.717) is 12.2 Å². The molecule has 0 radical (unpaired) electrons. The van der Waals surface area contributed by atoms with Gasteiger partial charge in [0.2, 0.25) is 0 Å². The van der Waals surface area contributed by atoms with Gasteiger partial charge >= 0.3 is 0 Å². The highest BCUT2D eigenvalue weighted by molar-refractivity contribution is 7.99. The number of carbonyl (C=O) groups excluding carboxylic acids is 1. The van der Waals surface area contributed by atoms with Crippen molar-refractivity contribution in [2.75, 3.05) is 12.9 Å². The molecule has 0 spiro atoms. The van der Waals surface area contributed by atoms with Crippen LogP contribution in [0.1, 0.15) is 23.8 Å². The third-order valence-electron chi connectivity index (χ3n) is 5.80. The maximum absolute atomic E-state index is 13.3. The van der Waals surface area contributed by atoms with Crippen LogP contribution in [0.15, 0.2) is 93.9 Å². The van der Waals surface area contributed by atoms with Crippen molar-refractivity contribution in [2.45, 2.75) is 17.6 Å². The van der Waals surface area contributed by atoms with Gasteiger partial charge in [0.1, 0.15) is 17.6 Å². The smallest absolute Gasteiger partial charge is 0.253 e. The minimum atomic E-state index is -0.276. The molecule has 1 aliphatic rings. The Kier molecular flexibility index (Phi) is 6.22. The summed E-state index contributed by atoms with van der Waals surface area (Å²) >= 11 is 1.40. The molecule has 1 aliphatic heterocycles. The van der Waals surface area contributed by atoms with Crippen molar-refractivity contribution in [1.29, 1.82) is 0 Å². The molecule has 0 saturated carbocycles. The van der Waals surface area contributed by atoms with Gasteiger partial charge in [0.25, 0.3) is 5.91 Å². The molecule has 3 heterocycles. The molecule has 0 aliphatic carbocycles. The van der Waals surface area contributed by atoms with Crippen molar-refractivity contribution in [3.8, 4) is 17.0 Å². The van der Waals surface area contributed by atoms with E-state index in [4.69, 9.17) is 14.3 Å². The first-order valence-corrected chi connectivity index (χ1v) is 11.9. The van der Waals surface area contributed by atoms with E-state index in [1.54, 1.807) is 18.4 Å². The number of methoxy groups -OCH3 is 1. The number of amides is 1. The van der Waals surface area contributed by atoms with Crippen LogP contribution in [0.25, 0.3) is 11.3 Å². The zero-order valence-electron chi connectivity index (χ0n) is 18.9. The lowest BCUT2D eigenvalue weighted by Crippen LogP contribution is -2.28. The summed E-state index contributed by atoms with van der Waals surface area (Å²) in [5, 5.41) is 7.02. The minimum Gasteiger partial charge on any atom is -0.497 e. The lowest BCUT2D eigenvalue weighted by atomic mass is 10.0. The Morgan fingerprint density at radius 3 is 2.59 bits per heavy atom. The monoisotopic (exact) mass is 472 g/mol. The van der Waals surface area contributed by atoms with Crippen molar-refractivity contribution >= 4 is 23.4 Å². The van der Waals surface area contributed by atoms with E-state index in [1.807, 2.05) is 84.5 Å².